The number of sulfonamides is 1. The lowest BCUT2D eigenvalue weighted by molar-refractivity contribution is -0.274. The van der Waals surface area contributed by atoms with Crippen molar-refractivity contribution in [1.82, 2.24) is 4.72 Å². The molecule has 0 aliphatic rings. The number of benzene rings is 1. The Morgan fingerprint density at radius 3 is 2.33 bits per heavy atom. The third-order valence-electron chi connectivity index (χ3n) is 2.61. The second-order valence-electron chi connectivity index (χ2n) is 4.49. The van der Waals surface area contributed by atoms with E-state index in [0.29, 0.717) is 6.42 Å². The molecule has 0 saturated carbocycles. The Hall–Kier alpha value is -1.32. The van der Waals surface area contributed by atoms with Crippen LogP contribution in [0.15, 0.2) is 29.2 Å². The molecule has 120 valence electrons. The van der Waals surface area contributed by atoms with Crippen LogP contribution in [0.25, 0.3) is 0 Å². The summed E-state index contributed by atoms with van der Waals surface area (Å²) in [4.78, 5) is -0.159. The second kappa shape index (κ2) is 7.10. The van der Waals surface area contributed by atoms with Crippen molar-refractivity contribution in [2.24, 2.45) is 5.92 Å². The van der Waals surface area contributed by atoms with Crippen LogP contribution in [0, 0.1) is 5.92 Å². The van der Waals surface area contributed by atoms with Gasteiger partial charge in [0.25, 0.3) is 0 Å². The second-order valence-corrected chi connectivity index (χ2v) is 6.26. The average Bonchev–Trinajstić information content (AvgIpc) is 2.36. The third kappa shape index (κ3) is 6.32. The van der Waals surface area contributed by atoms with Crippen molar-refractivity contribution >= 4 is 10.0 Å². The van der Waals surface area contributed by atoms with E-state index in [1.54, 1.807) is 6.92 Å². The molecular formula is C12H16F3NO4S. The maximum atomic E-state index is 12.0. The molecule has 2 N–H and O–H groups in total. The molecule has 0 radical (unpaired) electrons. The Labute approximate surface area is 120 Å². The summed E-state index contributed by atoms with van der Waals surface area (Å²) in [6, 6.07) is 3.92. The topological polar surface area (TPSA) is 75.6 Å². The first-order valence-electron chi connectivity index (χ1n) is 6.10. The molecule has 0 saturated heterocycles. The molecule has 0 fully saturated rings. The molecule has 0 bridgehead atoms. The smallest absolute Gasteiger partial charge is 0.406 e. The van der Waals surface area contributed by atoms with Crippen LogP contribution in [0.5, 0.6) is 5.75 Å². The predicted octanol–water partition coefficient (Wildman–Crippen LogP) is 1.88. The molecule has 0 aliphatic carbocycles. The van der Waals surface area contributed by atoms with Crippen LogP contribution in [-0.2, 0) is 10.0 Å². The van der Waals surface area contributed by atoms with Gasteiger partial charge in [0.2, 0.25) is 10.0 Å². The van der Waals surface area contributed by atoms with Crippen molar-refractivity contribution in [1.29, 1.82) is 0 Å². The van der Waals surface area contributed by atoms with Crippen molar-refractivity contribution in [3.8, 4) is 5.75 Å². The number of ether oxygens (including phenoxy) is 1. The van der Waals surface area contributed by atoms with Crippen molar-refractivity contribution in [2.45, 2.75) is 24.6 Å². The minimum Gasteiger partial charge on any atom is -0.406 e. The van der Waals surface area contributed by atoms with Crippen LogP contribution in [0.1, 0.15) is 13.3 Å². The van der Waals surface area contributed by atoms with Gasteiger partial charge in [0.1, 0.15) is 5.75 Å². The highest BCUT2D eigenvalue weighted by atomic mass is 32.2. The van der Waals surface area contributed by atoms with E-state index >= 15 is 0 Å². The van der Waals surface area contributed by atoms with E-state index in [2.05, 4.69) is 9.46 Å². The highest BCUT2D eigenvalue weighted by molar-refractivity contribution is 7.89. The molecule has 21 heavy (non-hydrogen) atoms. The molecule has 1 unspecified atom stereocenters. The molecule has 9 heteroatoms. The van der Waals surface area contributed by atoms with Gasteiger partial charge in [-0.2, -0.15) is 0 Å². The first-order chi connectivity index (χ1) is 9.64. The number of rotatable bonds is 7. The molecular weight excluding hydrogens is 311 g/mol. The van der Waals surface area contributed by atoms with Gasteiger partial charge >= 0.3 is 6.36 Å². The van der Waals surface area contributed by atoms with E-state index in [4.69, 9.17) is 5.11 Å². The van der Waals surface area contributed by atoms with Crippen molar-refractivity contribution in [3.05, 3.63) is 24.3 Å². The van der Waals surface area contributed by atoms with Gasteiger partial charge in [-0.1, -0.05) is 6.92 Å². The predicted molar refractivity (Wildman–Crippen MR) is 69.2 cm³/mol. The van der Waals surface area contributed by atoms with Crippen LogP contribution in [0.3, 0.4) is 0 Å². The van der Waals surface area contributed by atoms with Crippen LogP contribution < -0.4 is 9.46 Å². The quantitative estimate of drug-likeness (QED) is 0.802. The van der Waals surface area contributed by atoms with Crippen LogP contribution in [-0.4, -0.2) is 33.0 Å². The van der Waals surface area contributed by atoms with E-state index in [-0.39, 0.29) is 24.0 Å². The summed E-state index contributed by atoms with van der Waals surface area (Å²) in [5.41, 5.74) is 0. The maximum Gasteiger partial charge on any atom is 0.573 e. The summed E-state index contributed by atoms with van der Waals surface area (Å²) in [5, 5.41) is 8.72. The summed E-state index contributed by atoms with van der Waals surface area (Å²) in [7, 11) is -3.80. The summed E-state index contributed by atoms with van der Waals surface area (Å²) in [6.45, 7) is 1.84. The van der Waals surface area contributed by atoms with Gasteiger partial charge in [-0.15, -0.1) is 13.2 Å². The monoisotopic (exact) mass is 327 g/mol. The number of hydrogen-bond donors (Lipinski definition) is 2. The number of nitrogens with one attached hydrogen (secondary N) is 1. The van der Waals surface area contributed by atoms with Crippen molar-refractivity contribution in [3.63, 3.8) is 0 Å². The number of aliphatic hydroxyl groups is 1. The molecule has 0 aliphatic heterocycles. The number of halogens is 3. The first-order valence-corrected chi connectivity index (χ1v) is 7.58. The fourth-order valence-corrected chi connectivity index (χ4v) is 2.64. The van der Waals surface area contributed by atoms with Gasteiger partial charge in [0.05, 0.1) is 4.90 Å². The molecule has 0 amide bonds. The highest BCUT2D eigenvalue weighted by Gasteiger charge is 2.31. The Bertz CT molecular complexity index is 543. The van der Waals surface area contributed by atoms with Gasteiger partial charge in [0, 0.05) is 13.2 Å². The van der Waals surface area contributed by atoms with Gasteiger partial charge in [-0.3, -0.25) is 0 Å². The standard InChI is InChI=1S/C12H16F3NO4S/c1-9(6-7-17)8-16-21(18,19)11-4-2-10(3-5-11)20-12(13,14)15/h2-5,9,16-17H,6-8H2,1H3. The lowest BCUT2D eigenvalue weighted by atomic mass is 10.1. The zero-order chi connectivity index (χ0) is 16.1. The zero-order valence-corrected chi connectivity index (χ0v) is 12.0. The molecule has 5 nitrogen and oxygen atoms in total. The van der Waals surface area contributed by atoms with Gasteiger partial charge in [-0.05, 0) is 36.6 Å². The first kappa shape index (κ1) is 17.7. The van der Waals surface area contributed by atoms with Crippen molar-refractivity contribution in [2.75, 3.05) is 13.2 Å². The molecule has 0 spiro atoms. The molecule has 0 heterocycles. The van der Waals surface area contributed by atoms with Gasteiger partial charge in [-0.25, -0.2) is 13.1 Å². The third-order valence-corrected chi connectivity index (χ3v) is 4.05. The Balaban J connectivity index is 2.71. The minimum absolute atomic E-state index is 0.0492. The normalized spacial score (nSPS) is 14.0. The van der Waals surface area contributed by atoms with E-state index in [0.717, 1.165) is 24.3 Å². The van der Waals surface area contributed by atoms with E-state index in [1.165, 1.54) is 0 Å². The largest absolute Gasteiger partial charge is 0.573 e. The lowest BCUT2D eigenvalue weighted by Crippen LogP contribution is -2.28. The average molecular weight is 327 g/mol. The van der Waals surface area contributed by atoms with E-state index in [1.807, 2.05) is 0 Å². The molecule has 1 rings (SSSR count). The van der Waals surface area contributed by atoms with Gasteiger partial charge < -0.3 is 9.84 Å². The number of hydrogen-bond acceptors (Lipinski definition) is 4. The maximum absolute atomic E-state index is 12.0. The Kier molecular flexibility index (Phi) is 5.99. The Morgan fingerprint density at radius 1 is 1.29 bits per heavy atom. The fourth-order valence-electron chi connectivity index (χ4n) is 1.48. The molecule has 0 aromatic heterocycles. The van der Waals surface area contributed by atoms with Crippen LogP contribution in [0.4, 0.5) is 13.2 Å². The fraction of sp³-hybridized carbons (Fsp3) is 0.500. The van der Waals surface area contributed by atoms with Crippen LogP contribution >= 0.6 is 0 Å². The lowest BCUT2D eigenvalue weighted by Gasteiger charge is -2.12. The summed E-state index contributed by atoms with van der Waals surface area (Å²) in [5.74, 6) is -0.548. The highest BCUT2D eigenvalue weighted by Crippen LogP contribution is 2.23. The SMILES string of the molecule is CC(CCO)CNS(=O)(=O)c1ccc(OC(F)(F)F)cc1. The summed E-state index contributed by atoms with van der Waals surface area (Å²) >= 11 is 0. The number of aliphatic hydroxyl groups excluding tert-OH is 1. The van der Waals surface area contributed by atoms with Crippen LogP contribution in [0.2, 0.25) is 0 Å². The Morgan fingerprint density at radius 2 is 1.86 bits per heavy atom. The number of alkyl halides is 3. The van der Waals surface area contributed by atoms with E-state index in [9.17, 15) is 21.6 Å². The summed E-state index contributed by atoms with van der Waals surface area (Å²) in [6.07, 6.45) is -4.38. The van der Waals surface area contributed by atoms with E-state index < -0.39 is 22.1 Å². The molecule has 1 aromatic carbocycles. The van der Waals surface area contributed by atoms with Crippen molar-refractivity contribution < 1.29 is 31.4 Å². The summed E-state index contributed by atoms with van der Waals surface area (Å²) < 4.78 is 65.7. The minimum atomic E-state index is -4.82. The molecule has 1 atom stereocenters. The zero-order valence-electron chi connectivity index (χ0n) is 11.2. The molecule has 1 aromatic rings. The van der Waals surface area contributed by atoms with Gasteiger partial charge in [0.15, 0.2) is 0 Å².